The van der Waals surface area contributed by atoms with Crippen molar-refractivity contribution in [1.29, 1.82) is 0 Å². The molecule has 13 heavy (non-hydrogen) atoms. The van der Waals surface area contributed by atoms with Crippen LogP contribution in [0.4, 0.5) is 0 Å². The average Bonchev–Trinajstić information content (AvgIpc) is 2.02. The summed E-state index contributed by atoms with van der Waals surface area (Å²) < 4.78 is 0. The zero-order valence-electron chi connectivity index (χ0n) is 10.5. The van der Waals surface area contributed by atoms with Crippen molar-refractivity contribution in [2.75, 3.05) is 0 Å². The molecule has 0 heterocycles. The third-order valence-corrected chi connectivity index (χ3v) is 3.18. The van der Waals surface area contributed by atoms with Gasteiger partial charge in [0.25, 0.3) is 0 Å². The molecule has 0 aromatic heterocycles. The average molecular weight is 184 g/mol. The van der Waals surface area contributed by atoms with Crippen LogP contribution in [0.1, 0.15) is 67.2 Å². The molecule has 0 heteroatoms. The Morgan fingerprint density at radius 2 is 1.62 bits per heavy atom. The monoisotopic (exact) mass is 184 g/mol. The Hall–Kier alpha value is 0. The molecule has 0 radical (unpaired) electrons. The molecule has 0 rings (SSSR count). The summed E-state index contributed by atoms with van der Waals surface area (Å²) in [6, 6.07) is 0. The summed E-state index contributed by atoms with van der Waals surface area (Å²) in [5, 5.41) is 0. The van der Waals surface area contributed by atoms with Crippen molar-refractivity contribution in [2.24, 2.45) is 17.3 Å². The topological polar surface area (TPSA) is 0 Å². The van der Waals surface area contributed by atoms with Gasteiger partial charge in [-0.25, -0.2) is 0 Å². The number of hydrogen-bond acceptors (Lipinski definition) is 0. The third-order valence-electron chi connectivity index (χ3n) is 3.18. The van der Waals surface area contributed by atoms with Gasteiger partial charge in [0.2, 0.25) is 0 Å². The predicted molar refractivity (Wildman–Crippen MR) is 61.9 cm³/mol. The van der Waals surface area contributed by atoms with E-state index >= 15 is 0 Å². The summed E-state index contributed by atoms with van der Waals surface area (Å²) in [5.74, 6) is 1.80. The van der Waals surface area contributed by atoms with Crippen LogP contribution in [0.3, 0.4) is 0 Å². The maximum absolute atomic E-state index is 2.40. The highest BCUT2D eigenvalue weighted by atomic mass is 14.3. The van der Waals surface area contributed by atoms with Crippen molar-refractivity contribution in [3.05, 3.63) is 0 Å². The summed E-state index contributed by atoms with van der Waals surface area (Å²) >= 11 is 0. The fraction of sp³-hybridized carbons (Fsp3) is 1.00. The number of hydrogen-bond donors (Lipinski definition) is 0. The molecule has 0 amide bonds. The molecule has 0 saturated heterocycles. The Bertz CT molecular complexity index is 122. The summed E-state index contributed by atoms with van der Waals surface area (Å²) in [7, 11) is 0. The highest BCUT2D eigenvalue weighted by Crippen LogP contribution is 2.33. The first-order valence-electron chi connectivity index (χ1n) is 5.91. The highest BCUT2D eigenvalue weighted by molar-refractivity contribution is 4.72. The lowest BCUT2D eigenvalue weighted by molar-refractivity contribution is 0.229. The largest absolute Gasteiger partial charge is 0.0651 e. The molecule has 0 aliphatic carbocycles. The quantitative estimate of drug-likeness (QED) is 0.551. The van der Waals surface area contributed by atoms with Crippen molar-refractivity contribution >= 4 is 0 Å². The fourth-order valence-corrected chi connectivity index (χ4v) is 1.99. The van der Waals surface area contributed by atoms with Crippen LogP contribution in [0.2, 0.25) is 0 Å². The maximum Gasteiger partial charge on any atom is -0.0354 e. The zero-order valence-corrected chi connectivity index (χ0v) is 10.5. The highest BCUT2D eigenvalue weighted by Gasteiger charge is 2.20. The van der Waals surface area contributed by atoms with E-state index in [0.29, 0.717) is 5.41 Å². The van der Waals surface area contributed by atoms with Gasteiger partial charge in [-0.05, 0) is 30.1 Å². The van der Waals surface area contributed by atoms with Crippen LogP contribution in [0.25, 0.3) is 0 Å². The second-order valence-corrected chi connectivity index (χ2v) is 5.63. The van der Waals surface area contributed by atoms with Gasteiger partial charge in [0.05, 0.1) is 0 Å². The van der Waals surface area contributed by atoms with Gasteiger partial charge in [0.15, 0.2) is 0 Å². The Kier molecular flexibility index (Phi) is 5.67. The lowest BCUT2D eigenvalue weighted by Gasteiger charge is -2.29. The maximum atomic E-state index is 2.40. The van der Waals surface area contributed by atoms with Crippen molar-refractivity contribution < 1.29 is 0 Å². The molecule has 0 aromatic rings. The molecule has 0 bridgehead atoms. The van der Waals surface area contributed by atoms with E-state index in [0.717, 1.165) is 11.8 Å². The minimum atomic E-state index is 0.551. The van der Waals surface area contributed by atoms with Crippen molar-refractivity contribution in [2.45, 2.75) is 67.2 Å². The minimum Gasteiger partial charge on any atom is -0.0651 e. The van der Waals surface area contributed by atoms with E-state index in [1.54, 1.807) is 0 Å². The Morgan fingerprint density at radius 1 is 1.08 bits per heavy atom. The molecule has 80 valence electrons. The Balaban J connectivity index is 3.97. The van der Waals surface area contributed by atoms with Gasteiger partial charge in [-0.1, -0.05) is 54.4 Å². The molecule has 0 nitrogen and oxygen atoms in total. The first kappa shape index (κ1) is 13.0. The molecule has 0 N–H and O–H groups in total. The standard InChI is InChI=1S/C13H28/c1-7-12(9-11(3)4)10-13(5,6)8-2/h11-12H,7-10H2,1-6H3. The molecule has 1 atom stereocenters. The van der Waals surface area contributed by atoms with Crippen molar-refractivity contribution in [3.63, 3.8) is 0 Å². The SMILES string of the molecule is CCC(CC(C)C)CC(C)(C)CC. The van der Waals surface area contributed by atoms with E-state index < -0.39 is 0 Å². The lowest BCUT2D eigenvalue weighted by atomic mass is 9.77. The summed E-state index contributed by atoms with van der Waals surface area (Å²) in [6.07, 6.45) is 5.46. The first-order valence-corrected chi connectivity index (χ1v) is 5.91. The van der Waals surface area contributed by atoms with Crippen LogP contribution in [0.15, 0.2) is 0 Å². The van der Waals surface area contributed by atoms with Gasteiger partial charge < -0.3 is 0 Å². The second-order valence-electron chi connectivity index (χ2n) is 5.63. The molecule has 0 aliphatic rings. The molecule has 0 saturated carbocycles. The van der Waals surface area contributed by atoms with Gasteiger partial charge in [0.1, 0.15) is 0 Å². The van der Waals surface area contributed by atoms with E-state index in [9.17, 15) is 0 Å². The van der Waals surface area contributed by atoms with Crippen LogP contribution in [0.5, 0.6) is 0 Å². The van der Waals surface area contributed by atoms with E-state index in [2.05, 4.69) is 41.5 Å². The van der Waals surface area contributed by atoms with Gasteiger partial charge in [-0.15, -0.1) is 0 Å². The Morgan fingerprint density at radius 3 is 1.92 bits per heavy atom. The molecule has 0 aliphatic heterocycles. The molecule has 0 fully saturated rings. The fourth-order valence-electron chi connectivity index (χ4n) is 1.99. The van der Waals surface area contributed by atoms with Gasteiger partial charge in [0, 0.05) is 0 Å². The summed E-state index contributed by atoms with van der Waals surface area (Å²) in [5.41, 5.74) is 0.551. The second kappa shape index (κ2) is 5.67. The van der Waals surface area contributed by atoms with E-state index in [-0.39, 0.29) is 0 Å². The minimum absolute atomic E-state index is 0.551. The predicted octanol–water partition coefficient (Wildman–Crippen LogP) is 4.89. The van der Waals surface area contributed by atoms with E-state index in [1.165, 1.54) is 25.7 Å². The molecular weight excluding hydrogens is 156 g/mol. The number of rotatable bonds is 6. The zero-order chi connectivity index (χ0) is 10.5. The normalized spacial score (nSPS) is 15.0. The van der Waals surface area contributed by atoms with Gasteiger partial charge >= 0.3 is 0 Å². The van der Waals surface area contributed by atoms with Gasteiger partial charge in [-0.3, -0.25) is 0 Å². The van der Waals surface area contributed by atoms with E-state index in [1.807, 2.05) is 0 Å². The van der Waals surface area contributed by atoms with E-state index in [4.69, 9.17) is 0 Å². The van der Waals surface area contributed by atoms with Crippen LogP contribution in [-0.2, 0) is 0 Å². The van der Waals surface area contributed by atoms with Crippen LogP contribution >= 0.6 is 0 Å². The molecule has 0 spiro atoms. The van der Waals surface area contributed by atoms with Gasteiger partial charge in [-0.2, -0.15) is 0 Å². The third kappa shape index (κ3) is 6.12. The summed E-state index contributed by atoms with van der Waals surface area (Å²) in [4.78, 5) is 0. The van der Waals surface area contributed by atoms with Crippen molar-refractivity contribution in [1.82, 2.24) is 0 Å². The summed E-state index contributed by atoms with van der Waals surface area (Å²) in [6.45, 7) is 14.1. The van der Waals surface area contributed by atoms with Crippen LogP contribution in [0, 0.1) is 17.3 Å². The first-order chi connectivity index (χ1) is 5.91. The van der Waals surface area contributed by atoms with Crippen molar-refractivity contribution in [3.8, 4) is 0 Å². The lowest BCUT2D eigenvalue weighted by Crippen LogP contribution is -2.17. The van der Waals surface area contributed by atoms with Crippen LogP contribution < -0.4 is 0 Å². The smallest absolute Gasteiger partial charge is 0.0354 e. The van der Waals surface area contributed by atoms with Crippen LogP contribution in [-0.4, -0.2) is 0 Å². The Labute approximate surface area is 85.1 Å². The molecular formula is C13H28. The molecule has 1 unspecified atom stereocenters. The molecule has 0 aromatic carbocycles.